The molecule has 0 heterocycles. The minimum Gasteiger partial charge on any atom is -0.494 e. The summed E-state index contributed by atoms with van der Waals surface area (Å²) in [5.41, 5.74) is 0.977. The first-order valence-electron chi connectivity index (χ1n) is 9.67. The molecule has 1 amide bonds. The largest absolute Gasteiger partial charge is 0.494 e. The highest BCUT2D eigenvalue weighted by Gasteiger charge is 2.15. The van der Waals surface area contributed by atoms with Gasteiger partial charge in [-0.25, -0.2) is 0 Å². The molecule has 1 N–H and O–H groups in total. The van der Waals surface area contributed by atoms with Crippen LogP contribution in [-0.4, -0.2) is 19.1 Å². The predicted octanol–water partition coefficient (Wildman–Crippen LogP) is 6.49. The summed E-state index contributed by atoms with van der Waals surface area (Å²) in [6.07, 6.45) is 1.52. The topological polar surface area (TPSA) is 71.3 Å². The number of carbonyl (C=O) groups excluding carboxylic acids is 1. The number of benzene rings is 3. The van der Waals surface area contributed by atoms with Crippen LogP contribution in [0.2, 0.25) is 10.0 Å². The van der Waals surface area contributed by atoms with Gasteiger partial charge >= 0.3 is 0 Å². The fourth-order valence-electron chi connectivity index (χ4n) is 3.05. The van der Waals surface area contributed by atoms with Gasteiger partial charge in [0.05, 0.1) is 23.3 Å². The number of nitrogens with one attached hydrogen (secondary N) is 1. The second-order valence-corrected chi connectivity index (χ2v) is 7.29. The lowest BCUT2D eigenvalue weighted by Crippen LogP contribution is -2.13. The number of amides is 1. The number of nitrogens with zero attached hydrogens (tertiary/aromatic N) is 1. The Hall–Kier alpha value is -3.20. The van der Waals surface area contributed by atoms with Gasteiger partial charge in [0, 0.05) is 11.3 Å². The molecule has 0 unspecified atom stereocenters. The molecule has 0 atom stereocenters. The molecule has 0 saturated carbocycles. The molecule has 5 nitrogen and oxygen atoms in total. The molecule has 0 aromatic heterocycles. The Labute approximate surface area is 190 Å². The molecule has 0 spiro atoms. The molecular weight excluding hydrogens is 435 g/mol. The van der Waals surface area contributed by atoms with Crippen LogP contribution >= 0.6 is 23.2 Å². The zero-order valence-corrected chi connectivity index (χ0v) is 18.6. The van der Waals surface area contributed by atoms with Gasteiger partial charge in [-0.05, 0) is 67.1 Å². The summed E-state index contributed by atoms with van der Waals surface area (Å²) in [6.45, 7) is 4.74. The van der Waals surface area contributed by atoms with E-state index in [1.807, 2.05) is 50.2 Å². The number of nitriles is 1. The first-order valence-corrected chi connectivity index (χ1v) is 10.4. The quantitative estimate of drug-likeness (QED) is 0.327. The van der Waals surface area contributed by atoms with E-state index in [-0.39, 0.29) is 5.57 Å². The average molecular weight is 455 g/mol. The van der Waals surface area contributed by atoms with Gasteiger partial charge in [-0.2, -0.15) is 5.26 Å². The maximum absolute atomic E-state index is 12.8. The number of hydrogen-bond acceptors (Lipinski definition) is 4. The lowest BCUT2D eigenvalue weighted by molar-refractivity contribution is -0.112. The van der Waals surface area contributed by atoms with Gasteiger partial charge in [0.25, 0.3) is 5.91 Å². The molecule has 0 fully saturated rings. The number of fused-ring (bicyclic) bond motifs is 1. The Kier molecular flexibility index (Phi) is 7.41. The highest BCUT2D eigenvalue weighted by molar-refractivity contribution is 6.42. The van der Waals surface area contributed by atoms with Crippen LogP contribution in [0.4, 0.5) is 5.69 Å². The van der Waals surface area contributed by atoms with Crippen molar-refractivity contribution in [1.82, 2.24) is 0 Å². The molecular formula is C24H20Cl2N2O3. The van der Waals surface area contributed by atoms with E-state index in [0.29, 0.717) is 46.0 Å². The molecule has 158 valence electrons. The third kappa shape index (κ3) is 5.29. The van der Waals surface area contributed by atoms with Crippen LogP contribution < -0.4 is 14.8 Å². The lowest BCUT2D eigenvalue weighted by atomic mass is 10.0. The van der Waals surface area contributed by atoms with Crippen molar-refractivity contribution >= 4 is 51.6 Å². The molecule has 0 radical (unpaired) electrons. The van der Waals surface area contributed by atoms with Crippen molar-refractivity contribution in [1.29, 1.82) is 5.26 Å². The fraction of sp³-hybridized carbons (Fsp3) is 0.167. The van der Waals surface area contributed by atoms with Crippen LogP contribution in [0.25, 0.3) is 16.8 Å². The molecule has 3 rings (SSSR count). The van der Waals surface area contributed by atoms with E-state index in [9.17, 15) is 10.1 Å². The maximum Gasteiger partial charge on any atom is 0.266 e. The third-order valence-electron chi connectivity index (χ3n) is 4.44. The van der Waals surface area contributed by atoms with Gasteiger partial charge in [0.2, 0.25) is 0 Å². The SMILES string of the molecule is CCOc1ccc2ccc(OCC)c(/C=C(/C#N)C(=O)Nc3ccc(Cl)c(Cl)c3)c2c1. The van der Waals surface area contributed by atoms with E-state index in [4.69, 9.17) is 32.7 Å². The van der Waals surface area contributed by atoms with Crippen molar-refractivity contribution < 1.29 is 14.3 Å². The third-order valence-corrected chi connectivity index (χ3v) is 5.18. The first kappa shape index (κ1) is 22.5. The van der Waals surface area contributed by atoms with Crippen molar-refractivity contribution in [2.24, 2.45) is 0 Å². The highest BCUT2D eigenvalue weighted by atomic mass is 35.5. The van der Waals surface area contributed by atoms with Gasteiger partial charge in [0.15, 0.2) is 0 Å². The number of anilines is 1. The number of halogens is 2. The van der Waals surface area contributed by atoms with Crippen LogP contribution in [0.1, 0.15) is 19.4 Å². The summed E-state index contributed by atoms with van der Waals surface area (Å²) in [6, 6.07) is 16.1. The Morgan fingerprint density at radius 3 is 2.45 bits per heavy atom. The second-order valence-electron chi connectivity index (χ2n) is 6.48. The predicted molar refractivity (Wildman–Crippen MR) is 125 cm³/mol. The molecule has 0 saturated heterocycles. The first-order chi connectivity index (χ1) is 15.0. The monoisotopic (exact) mass is 454 g/mol. The van der Waals surface area contributed by atoms with Crippen LogP contribution in [0.5, 0.6) is 11.5 Å². The molecule has 0 aliphatic rings. The van der Waals surface area contributed by atoms with Crippen molar-refractivity contribution in [3.8, 4) is 17.6 Å². The number of hydrogen-bond donors (Lipinski definition) is 1. The second kappa shape index (κ2) is 10.2. The van der Waals surface area contributed by atoms with Crippen molar-refractivity contribution in [2.45, 2.75) is 13.8 Å². The Morgan fingerprint density at radius 1 is 1.03 bits per heavy atom. The molecule has 31 heavy (non-hydrogen) atoms. The molecule has 3 aromatic rings. The van der Waals surface area contributed by atoms with Crippen LogP contribution in [0.3, 0.4) is 0 Å². The van der Waals surface area contributed by atoms with Gasteiger partial charge in [-0.15, -0.1) is 0 Å². The minimum atomic E-state index is -0.568. The zero-order chi connectivity index (χ0) is 22.4. The maximum atomic E-state index is 12.8. The van der Waals surface area contributed by atoms with Gasteiger partial charge < -0.3 is 14.8 Å². The summed E-state index contributed by atoms with van der Waals surface area (Å²) >= 11 is 11.9. The smallest absolute Gasteiger partial charge is 0.266 e. The summed E-state index contributed by atoms with van der Waals surface area (Å²) in [7, 11) is 0. The van der Waals surface area contributed by atoms with Crippen LogP contribution in [-0.2, 0) is 4.79 Å². The zero-order valence-electron chi connectivity index (χ0n) is 17.0. The van der Waals surface area contributed by atoms with E-state index < -0.39 is 5.91 Å². The van der Waals surface area contributed by atoms with E-state index in [1.165, 1.54) is 12.1 Å². The highest BCUT2D eigenvalue weighted by Crippen LogP contribution is 2.33. The van der Waals surface area contributed by atoms with E-state index >= 15 is 0 Å². The molecule has 0 aliphatic carbocycles. The Bertz CT molecular complexity index is 1190. The molecule has 0 bridgehead atoms. The summed E-state index contributed by atoms with van der Waals surface area (Å²) in [5, 5.41) is 14.8. The molecule has 7 heteroatoms. The van der Waals surface area contributed by atoms with Crippen LogP contribution in [0, 0.1) is 11.3 Å². The van der Waals surface area contributed by atoms with E-state index in [2.05, 4.69) is 5.32 Å². The summed E-state index contributed by atoms with van der Waals surface area (Å²) in [5.74, 6) is 0.692. The Balaban J connectivity index is 2.06. The average Bonchev–Trinajstić information content (AvgIpc) is 2.76. The Morgan fingerprint density at radius 2 is 1.77 bits per heavy atom. The van der Waals surface area contributed by atoms with Crippen LogP contribution in [0.15, 0.2) is 54.1 Å². The van der Waals surface area contributed by atoms with Gasteiger partial charge in [0.1, 0.15) is 23.1 Å². The normalized spacial score (nSPS) is 11.1. The standard InChI is InChI=1S/C24H20Cl2N2O3/c1-3-30-18-8-5-15-6-10-23(31-4-2)20(19(15)13-18)11-16(14-27)24(29)28-17-7-9-21(25)22(26)12-17/h5-13H,3-4H2,1-2H3,(H,28,29)/b16-11-. The van der Waals surface area contributed by atoms with Gasteiger partial charge in [-0.3, -0.25) is 4.79 Å². The number of ether oxygens (including phenoxy) is 2. The minimum absolute atomic E-state index is 0.0821. The number of rotatable bonds is 7. The van der Waals surface area contributed by atoms with Gasteiger partial charge in [-0.1, -0.05) is 35.3 Å². The summed E-state index contributed by atoms with van der Waals surface area (Å²) in [4.78, 5) is 12.8. The summed E-state index contributed by atoms with van der Waals surface area (Å²) < 4.78 is 11.4. The van der Waals surface area contributed by atoms with Crippen molar-refractivity contribution in [3.05, 3.63) is 69.7 Å². The lowest BCUT2D eigenvalue weighted by Gasteiger charge is -2.13. The van der Waals surface area contributed by atoms with E-state index in [0.717, 1.165) is 10.8 Å². The molecule has 3 aromatic carbocycles. The fourth-order valence-corrected chi connectivity index (χ4v) is 3.35. The number of carbonyl (C=O) groups is 1. The van der Waals surface area contributed by atoms with Crippen molar-refractivity contribution in [3.63, 3.8) is 0 Å². The van der Waals surface area contributed by atoms with Crippen molar-refractivity contribution in [2.75, 3.05) is 18.5 Å². The van der Waals surface area contributed by atoms with E-state index in [1.54, 1.807) is 12.1 Å². The molecule has 0 aliphatic heterocycles.